The van der Waals surface area contributed by atoms with E-state index in [2.05, 4.69) is 0 Å². The van der Waals surface area contributed by atoms with Gasteiger partial charge in [-0.15, -0.1) is 0 Å². The second-order valence-electron chi connectivity index (χ2n) is 7.55. The quantitative estimate of drug-likeness (QED) is 0.289. The van der Waals surface area contributed by atoms with Crippen LogP contribution in [0.1, 0.15) is 65.5 Å². The molecular formula is C27H32N2O6. The lowest BCUT2D eigenvalue weighted by atomic mass is 10.1. The van der Waals surface area contributed by atoms with E-state index in [-0.39, 0.29) is 6.61 Å². The van der Waals surface area contributed by atoms with Crippen LogP contribution in [0, 0.1) is 0 Å². The van der Waals surface area contributed by atoms with Gasteiger partial charge >= 0.3 is 12.1 Å². The summed E-state index contributed by atoms with van der Waals surface area (Å²) in [5.74, 6) is -4.27. The first-order valence-corrected chi connectivity index (χ1v) is 10.7. The van der Waals surface area contributed by atoms with Crippen LogP contribution in [0.4, 0.5) is 4.79 Å². The summed E-state index contributed by atoms with van der Waals surface area (Å²) in [4.78, 5) is 53.5. The van der Waals surface area contributed by atoms with Crippen LogP contribution in [-0.2, 0) is 36.9 Å². The molecule has 1 aliphatic rings. The van der Waals surface area contributed by atoms with Crippen molar-refractivity contribution in [3.05, 3.63) is 71.8 Å². The largest absolute Gasteiger partial charge is 0.459 e. The molecule has 1 fully saturated rings. The molecule has 2 aromatic carbocycles. The summed E-state index contributed by atoms with van der Waals surface area (Å²) in [6.07, 6.45) is -19.1. The Morgan fingerprint density at radius 3 is 2.40 bits per heavy atom. The molecule has 0 bridgehead atoms. The van der Waals surface area contributed by atoms with E-state index in [4.69, 9.17) is 24.6 Å². The molecule has 2 aromatic rings. The normalized spacial score (nSPS) is 24.7. The van der Waals surface area contributed by atoms with Gasteiger partial charge in [-0.25, -0.2) is 14.5 Å². The molecule has 1 saturated heterocycles. The number of hydrogen-bond donors (Lipinski definition) is 1. The molecule has 3 rings (SSSR count). The van der Waals surface area contributed by atoms with Crippen molar-refractivity contribution in [3.63, 3.8) is 0 Å². The molecule has 0 radical (unpaired) electrons. The van der Waals surface area contributed by atoms with E-state index in [0.717, 1.165) is 0 Å². The fraction of sp³-hybridized carbons (Fsp3) is 0.407. The summed E-state index contributed by atoms with van der Waals surface area (Å²) in [5.41, 5.74) is 0.961. The number of rotatable bonds is 11. The van der Waals surface area contributed by atoms with Gasteiger partial charge < -0.3 is 14.8 Å². The highest BCUT2D eigenvalue weighted by atomic mass is 16.7. The van der Waals surface area contributed by atoms with Crippen molar-refractivity contribution in [1.82, 2.24) is 10.2 Å². The van der Waals surface area contributed by atoms with Crippen molar-refractivity contribution < 1.29 is 43.7 Å². The molecule has 35 heavy (non-hydrogen) atoms. The standard InChI is InChI=1S/C27H32N2O6/c1-3-4-7-16-23(30)28-22(17-20-12-8-5-9-13-20)25(31)29-24(19(2)35-27(29)33)26(32)34-18-21-14-10-6-11-15-21/h5-6,8-15,19,22,24H,3-4,7,16-18H2,1-2H3,(H,28,30)/t19-,22-,24+/m1/s1/i1D3,2+1,3D2,4D2,7D2,16D2,19+1,24+1,26+1,29+1. The second kappa shape index (κ2) is 12.7. The van der Waals surface area contributed by atoms with Crippen LogP contribution in [0.3, 0.4) is 0 Å². The molecule has 0 spiro atoms. The Hall–Kier alpha value is -3.68. The Balaban J connectivity index is 1.96. The molecule has 0 saturated carbocycles. The Bertz CT molecular complexity index is 1440. The molecular weight excluding hydrogens is 453 g/mol. The zero-order chi connectivity index (χ0) is 34.9. The lowest BCUT2D eigenvalue weighted by Crippen LogP contribution is -2.55. The zero-order valence-electron chi connectivity index (χ0n) is 29.8. The first-order valence-electron chi connectivity index (χ1n) is 16.2. The third-order valence-electron chi connectivity index (χ3n) is 5.10. The average Bonchev–Trinajstić information content (AvgIpc) is 3.28. The van der Waals surface area contributed by atoms with E-state index < -0.39 is 80.8 Å². The fourth-order valence-corrected chi connectivity index (χ4v) is 3.47. The summed E-state index contributed by atoms with van der Waals surface area (Å²) in [6, 6.07) is 12.7. The number of ether oxygens (including phenoxy) is 2. The first kappa shape index (κ1) is 14.7. The fourth-order valence-electron chi connectivity index (χ4n) is 3.47. The van der Waals surface area contributed by atoms with Crippen LogP contribution in [-0.4, -0.2) is 47.0 Å². The van der Waals surface area contributed by atoms with E-state index in [9.17, 15) is 19.2 Å². The molecule has 1 aliphatic heterocycles. The van der Waals surface area contributed by atoms with Crippen LogP contribution in [0.2, 0.25) is 0 Å². The molecule has 8 heteroatoms. The highest BCUT2D eigenvalue weighted by Gasteiger charge is 2.50. The van der Waals surface area contributed by atoms with Crippen LogP contribution in [0.25, 0.3) is 0 Å². The number of amides is 3. The molecule has 3 atom stereocenters. The molecule has 186 valence electrons. The van der Waals surface area contributed by atoms with Crippen molar-refractivity contribution in [2.24, 2.45) is 0 Å². The van der Waals surface area contributed by atoms with Crippen molar-refractivity contribution in [2.45, 2.75) is 70.5 Å². The lowest BCUT2D eigenvalue weighted by molar-refractivity contribution is -0.154. The number of cyclic esters (lactones) is 1. The number of nitrogens with one attached hydrogen (secondary N) is 1. The molecule has 8 nitrogen and oxygen atoms in total. The monoisotopic (exact) mass is 496 g/mol. The molecule has 0 unspecified atom stereocenters. The summed E-state index contributed by atoms with van der Waals surface area (Å²) < 4.78 is 96.6. The number of benzene rings is 2. The van der Waals surface area contributed by atoms with Crippen LogP contribution < -0.4 is 5.32 Å². The highest BCUT2D eigenvalue weighted by molar-refractivity contribution is 6.02. The minimum Gasteiger partial charge on any atom is -0.459 e. The molecule has 0 aliphatic carbocycles. The Kier molecular flexibility index (Phi) is 5.31. The Morgan fingerprint density at radius 2 is 1.74 bits per heavy atom. The van der Waals surface area contributed by atoms with E-state index in [0.29, 0.717) is 16.0 Å². The van der Waals surface area contributed by atoms with Crippen LogP contribution in [0.5, 0.6) is 0 Å². The van der Waals surface area contributed by atoms with Gasteiger partial charge in [0.05, 0.1) is 0 Å². The molecule has 1 N–H and O–H groups in total. The summed E-state index contributed by atoms with van der Waals surface area (Å²) in [5, 5.41) is 1.97. The van der Waals surface area contributed by atoms with Gasteiger partial charge in [0, 0.05) is 27.9 Å². The summed E-state index contributed by atoms with van der Waals surface area (Å²) >= 11 is 0. The van der Waals surface area contributed by atoms with Gasteiger partial charge in [0.15, 0.2) is 6.04 Å². The van der Waals surface area contributed by atoms with Gasteiger partial charge in [0.25, 0.3) is 5.91 Å². The summed E-state index contributed by atoms with van der Waals surface area (Å²) in [6.45, 7) is -2.66. The van der Waals surface area contributed by atoms with Crippen LogP contribution in [0.15, 0.2) is 60.7 Å². The average molecular weight is 497 g/mol. The maximum atomic E-state index is 13.9. The maximum absolute atomic E-state index is 13.9. The summed E-state index contributed by atoms with van der Waals surface area (Å²) in [7, 11) is 0. The Morgan fingerprint density at radius 1 is 1.09 bits per heavy atom. The van der Waals surface area contributed by atoms with Gasteiger partial charge in [0.1, 0.15) is 18.8 Å². The van der Waals surface area contributed by atoms with Gasteiger partial charge in [-0.05, 0) is 24.4 Å². The number of esters is 1. The SMILES string of the molecule is [2H]C([2H])([2H])C([2H])([2H])C([2H])([2H])C([2H])([2H])C([2H])([2H])C(=O)N[C@H](Cc1ccccc1)C(=O)[15N]1C(=O)O[13C@H]([13CH3])[13C@H]1[13C](=O)OCc1ccccc1. The predicted octanol–water partition coefficient (Wildman–Crippen LogP) is 3.77. The van der Waals surface area contributed by atoms with Gasteiger partial charge in [0.2, 0.25) is 5.91 Å². The van der Waals surface area contributed by atoms with Crippen molar-refractivity contribution in [3.8, 4) is 0 Å². The minimum absolute atomic E-state index is 0.218. The number of imide groups is 1. The smallest absolute Gasteiger partial charge is 0.417 e. The lowest BCUT2D eigenvalue weighted by Gasteiger charge is -2.25. The second-order valence-corrected chi connectivity index (χ2v) is 7.55. The molecule has 1 heterocycles. The molecule has 0 aromatic heterocycles. The number of nitrogens with zero attached hydrogens (tertiary/aromatic N) is 1. The number of carbonyl (C=O) groups excluding carboxylic acids is 4. The maximum Gasteiger partial charge on any atom is 0.417 e. The first-order chi connectivity index (χ1) is 21.1. The van der Waals surface area contributed by atoms with E-state index in [1.807, 2.05) is 5.32 Å². The third-order valence-corrected chi connectivity index (χ3v) is 5.10. The number of hydrogen-bond acceptors (Lipinski definition) is 6. The minimum atomic E-state index is -4.13. The van der Waals surface area contributed by atoms with E-state index in [1.54, 1.807) is 48.5 Å². The van der Waals surface area contributed by atoms with E-state index in [1.165, 1.54) is 19.1 Å². The van der Waals surface area contributed by atoms with Gasteiger partial charge in [-0.2, -0.15) is 0 Å². The van der Waals surface area contributed by atoms with Gasteiger partial charge in [-0.3, -0.25) is 9.59 Å². The van der Waals surface area contributed by atoms with Crippen LogP contribution >= 0.6 is 0 Å². The van der Waals surface area contributed by atoms with Gasteiger partial charge in [-0.1, -0.05) is 80.3 Å². The topological polar surface area (TPSA) is 102 Å². The van der Waals surface area contributed by atoms with Crippen molar-refractivity contribution in [2.75, 3.05) is 0 Å². The van der Waals surface area contributed by atoms with E-state index >= 15 is 0 Å². The third kappa shape index (κ3) is 7.15. The highest BCUT2D eigenvalue weighted by Crippen LogP contribution is 2.23. The molecule has 3 amide bonds. The number of carbonyl (C=O) groups is 4. The zero-order valence-corrected chi connectivity index (χ0v) is 18.8. The Labute approximate surface area is 221 Å². The predicted molar refractivity (Wildman–Crippen MR) is 129 cm³/mol. The van der Waals surface area contributed by atoms with Crippen molar-refractivity contribution >= 4 is 23.9 Å². The van der Waals surface area contributed by atoms with Crippen molar-refractivity contribution in [1.29, 1.82) is 0 Å².